The maximum Gasteiger partial charge on any atom is 0.261 e. The van der Waals surface area contributed by atoms with E-state index in [1.165, 1.54) is 16.7 Å². The van der Waals surface area contributed by atoms with Crippen molar-refractivity contribution in [1.82, 2.24) is 5.32 Å². The molecule has 2 unspecified atom stereocenters. The van der Waals surface area contributed by atoms with Gasteiger partial charge >= 0.3 is 0 Å². The molecule has 1 amide bonds. The minimum Gasteiger partial charge on any atom is -0.481 e. The third-order valence-electron chi connectivity index (χ3n) is 4.92. The highest BCUT2D eigenvalue weighted by atomic mass is 16.5. The number of hydrogen-bond donors (Lipinski definition) is 1. The zero-order valence-electron chi connectivity index (χ0n) is 17.0. The molecule has 0 aliphatic heterocycles. The van der Waals surface area contributed by atoms with Gasteiger partial charge in [-0.3, -0.25) is 4.79 Å². The Hall–Kier alpha value is -2.29. The summed E-state index contributed by atoms with van der Waals surface area (Å²) in [6.07, 6.45) is -0.552. The predicted octanol–water partition coefficient (Wildman–Crippen LogP) is 5.38. The number of ether oxygens (including phenoxy) is 1. The Kier molecular flexibility index (Phi) is 6.47. The monoisotopic (exact) mass is 353 g/mol. The fraction of sp³-hybridized carbons (Fsp3) is 0.435. The number of nitrogens with one attached hydrogen (secondary N) is 1. The van der Waals surface area contributed by atoms with Gasteiger partial charge in [-0.05, 0) is 74.4 Å². The van der Waals surface area contributed by atoms with Crippen molar-refractivity contribution in [2.24, 2.45) is 0 Å². The second-order valence-corrected chi connectivity index (χ2v) is 7.48. The Morgan fingerprint density at radius 1 is 0.885 bits per heavy atom. The van der Waals surface area contributed by atoms with E-state index < -0.39 is 6.10 Å². The molecule has 3 nitrogen and oxygen atoms in total. The summed E-state index contributed by atoms with van der Waals surface area (Å²) in [6.45, 7) is 14.4. The molecule has 0 radical (unpaired) electrons. The summed E-state index contributed by atoms with van der Waals surface area (Å²) in [5, 5.41) is 3.09. The van der Waals surface area contributed by atoms with Gasteiger partial charge in [0.1, 0.15) is 5.75 Å². The lowest BCUT2D eigenvalue weighted by molar-refractivity contribution is -0.127. The standard InChI is InChI=1S/C23H31NO2/c1-14(2)20-10-8-9-11-22(20)26-19(7)23(25)24-18(6)21-13-16(4)15(3)12-17(21)5/h8-14,18-19H,1-7H3,(H,24,25). The molecule has 1 N–H and O–H groups in total. The summed E-state index contributed by atoms with van der Waals surface area (Å²) in [6, 6.07) is 12.2. The van der Waals surface area contributed by atoms with Crippen molar-refractivity contribution in [3.63, 3.8) is 0 Å². The number of carbonyl (C=O) groups is 1. The average Bonchev–Trinajstić information content (AvgIpc) is 2.58. The highest BCUT2D eigenvalue weighted by molar-refractivity contribution is 5.81. The van der Waals surface area contributed by atoms with Gasteiger partial charge in [-0.2, -0.15) is 0 Å². The molecule has 0 saturated carbocycles. The number of amides is 1. The van der Waals surface area contributed by atoms with E-state index in [0.717, 1.165) is 16.9 Å². The Balaban J connectivity index is 2.09. The zero-order valence-corrected chi connectivity index (χ0v) is 17.0. The molecule has 0 heterocycles. The van der Waals surface area contributed by atoms with Crippen molar-refractivity contribution in [3.05, 3.63) is 64.2 Å². The van der Waals surface area contributed by atoms with Crippen LogP contribution in [0.4, 0.5) is 0 Å². The molecule has 140 valence electrons. The molecule has 0 aromatic heterocycles. The number of hydrogen-bond acceptors (Lipinski definition) is 2. The van der Waals surface area contributed by atoms with Crippen molar-refractivity contribution >= 4 is 5.91 Å². The van der Waals surface area contributed by atoms with Gasteiger partial charge < -0.3 is 10.1 Å². The van der Waals surface area contributed by atoms with Crippen LogP contribution in [0.5, 0.6) is 5.75 Å². The van der Waals surface area contributed by atoms with Crippen LogP contribution in [-0.4, -0.2) is 12.0 Å². The van der Waals surface area contributed by atoms with Crippen LogP contribution >= 0.6 is 0 Å². The molecule has 0 bridgehead atoms. The summed E-state index contributed by atoms with van der Waals surface area (Å²) in [5.74, 6) is 1.02. The van der Waals surface area contributed by atoms with E-state index in [2.05, 4.69) is 52.1 Å². The van der Waals surface area contributed by atoms with E-state index in [1.807, 2.05) is 31.2 Å². The second kappa shape index (κ2) is 8.39. The fourth-order valence-corrected chi connectivity index (χ4v) is 3.17. The van der Waals surface area contributed by atoms with Crippen LogP contribution in [0.3, 0.4) is 0 Å². The molecule has 0 spiro atoms. The van der Waals surface area contributed by atoms with Gasteiger partial charge in [0.05, 0.1) is 6.04 Å². The van der Waals surface area contributed by atoms with E-state index in [1.54, 1.807) is 6.92 Å². The topological polar surface area (TPSA) is 38.3 Å². The molecule has 2 aromatic rings. The van der Waals surface area contributed by atoms with E-state index >= 15 is 0 Å². The van der Waals surface area contributed by atoms with Gasteiger partial charge in [0.2, 0.25) is 0 Å². The maximum atomic E-state index is 12.6. The molecule has 0 aliphatic carbocycles. The number of para-hydroxylation sites is 1. The first-order chi connectivity index (χ1) is 12.2. The summed E-state index contributed by atoms with van der Waals surface area (Å²) >= 11 is 0. The minimum absolute atomic E-state index is 0.0619. The van der Waals surface area contributed by atoms with Crippen molar-refractivity contribution < 1.29 is 9.53 Å². The van der Waals surface area contributed by atoms with Crippen molar-refractivity contribution in [3.8, 4) is 5.75 Å². The largest absolute Gasteiger partial charge is 0.481 e. The first-order valence-electron chi connectivity index (χ1n) is 9.34. The number of aryl methyl sites for hydroxylation is 3. The molecule has 0 saturated heterocycles. The van der Waals surface area contributed by atoms with Crippen LogP contribution in [0, 0.1) is 20.8 Å². The smallest absolute Gasteiger partial charge is 0.261 e. The summed E-state index contributed by atoms with van der Waals surface area (Å²) < 4.78 is 5.97. The van der Waals surface area contributed by atoms with Gasteiger partial charge in [0.15, 0.2) is 6.10 Å². The number of benzene rings is 2. The zero-order chi connectivity index (χ0) is 19.4. The van der Waals surface area contributed by atoms with E-state index in [9.17, 15) is 4.79 Å². The quantitative estimate of drug-likeness (QED) is 0.757. The van der Waals surface area contributed by atoms with Gasteiger partial charge in [0, 0.05) is 0 Å². The van der Waals surface area contributed by atoms with Crippen LogP contribution in [0.1, 0.15) is 67.5 Å². The molecule has 0 fully saturated rings. The van der Waals surface area contributed by atoms with Crippen molar-refractivity contribution in [1.29, 1.82) is 0 Å². The third kappa shape index (κ3) is 4.66. The lowest BCUT2D eigenvalue weighted by Crippen LogP contribution is -2.38. The highest BCUT2D eigenvalue weighted by Gasteiger charge is 2.20. The second-order valence-electron chi connectivity index (χ2n) is 7.48. The molecular weight excluding hydrogens is 322 g/mol. The third-order valence-corrected chi connectivity index (χ3v) is 4.92. The molecule has 2 aromatic carbocycles. The average molecular weight is 354 g/mol. The van der Waals surface area contributed by atoms with Crippen LogP contribution < -0.4 is 10.1 Å². The SMILES string of the molecule is Cc1cc(C)c(C(C)NC(=O)C(C)Oc2ccccc2C(C)C)cc1C. The minimum atomic E-state index is -0.552. The summed E-state index contributed by atoms with van der Waals surface area (Å²) in [5.41, 5.74) is 5.97. The molecular formula is C23H31NO2. The van der Waals surface area contributed by atoms with Crippen LogP contribution in [-0.2, 0) is 4.79 Å². The van der Waals surface area contributed by atoms with Gasteiger partial charge in [0.25, 0.3) is 5.91 Å². The predicted molar refractivity (Wildman–Crippen MR) is 108 cm³/mol. The maximum absolute atomic E-state index is 12.6. The fourth-order valence-electron chi connectivity index (χ4n) is 3.17. The van der Waals surface area contributed by atoms with E-state index in [4.69, 9.17) is 4.74 Å². The van der Waals surface area contributed by atoms with E-state index in [-0.39, 0.29) is 11.9 Å². The number of carbonyl (C=O) groups excluding carboxylic acids is 1. The molecule has 2 atom stereocenters. The molecule has 0 aliphatic rings. The highest BCUT2D eigenvalue weighted by Crippen LogP contribution is 2.27. The van der Waals surface area contributed by atoms with Gasteiger partial charge in [-0.1, -0.05) is 44.2 Å². The van der Waals surface area contributed by atoms with Gasteiger partial charge in [-0.25, -0.2) is 0 Å². The normalized spacial score (nSPS) is 13.4. The first kappa shape index (κ1) is 20.0. The van der Waals surface area contributed by atoms with E-state index in [0.29, 0.717) is 5.92 Å². The number of rotatable bonds is 6. The Morgan fingerprint density at radius 3 is 2.15 bits per heavy atom. The lowest BCUT2D eigenvalue weighted by Gasteiger charge is -2.22. The summed E-state index contributed by atoms with van der Waals surface area (Å²) in [7, 11) is 0. The van der Waals surface area contributed by atoms with Crippen molar-refractivity contribution in [2.45, 2.75) is 66.5 Å². The van der Waals surface area contributed by atoms with Gasteiger partial charge in [-0.15, -0.1) is 0 Å². The van der Waals surface area contributed by atoms with Crippen LogP contribution in [0.15, 0.2) is 36.4 Å². The lowest BCUT2D eigenvalue weighted by atomic mass is 9.96. The Labute approximate surface area is 157 Å². The Bertz CT molecular complexity index is 780. The molecule has 26 heavy (non-hydrogen) atoms. The first-order valence-corrected chi connectivity index (χ1v) is 9.34. The Morgan fingerprint density at radius 2 is 1.50 bits per heavy atom. The molecule has 2 rings (SSSR count). The van der Waals surface area contributed by atoms with Crippen molar-refractivity contribution in [2.75, 3.05) is 0 Å². The van der Waals surface area contributed by atoms with Crippen LogP contribution in [0.25, 0.3) is 0 Å². The van der Waals surface area contributed by atoms with Crippen LogP contribution in [0.2, 0.25) is 0 Å². The summed E-state index contributed by atoms with van der Waals surface area (Å²) in [4.78, 5) is 12.6. The molecule has 3 heteroatoms.